The van der Waals surface area contributed by atoms with Gasteiger partial charge in [-0.15, -0.1) is 0 Å². The number of rotatable bonds is 6. The fourth-order valence-electron chi connectivity index (χ4n) is 1.31. The Hall–Kier alpha value is -0.870. The zero-order chi connectivity index (χ0) is 11.3. The quantitative estimate of drug-likeness (QED) is 0.732. The van der Waals surface area contributed by atoms with Crippen LogP contribution < -0.4 is 5.32 Å². The van der Waals surface area contributed by atoms with Crippen LogP contribution in [0.15, 0.2) is 12.5 Å². The summed E-state index contributed by atoms with van der Waals surface area (Å²) in [4.78, 5) is 4.30. The summed E-state index contributed by atoms with van der Waals surface area (Å²) >= 11 is 0. The SMILES string of the molecule is CNCCc1cn(CCC(C)(C)O)cn1. The van der Waals surface area contributed by atoms with Gasteiger partial charge in [-0.2, -0.15) is 0 Å². The van der Waals surface area contributed by atoms with Gasteiger partial charge in [-0.1, -0.05) is 0 Å². The fourth-order valence-corrected chi connectivity index (χ4v) is 1.31. The normalized spacial score (nSPS) is 12.0. The van der Waals surface area contributed by atoms with Crippen LogP contribution in [0.1, 0.15) is 26.0 Å². The van der Waals surface area contributed by atoms with E-state index in [4.69, 9.17) is 0 Å². The lowest BCUT2D eigenvalue weighted by molar-refractivity contribution is 0.0662. The van der Waals surface area contributed by atoms with E-state index in [0.717, 1.165) is 31.6 Å². The molecule has 0 aliphatic carbocycles. The van der Waals surface area contributed by atoms with Gasteiger partial charge in [-0.25, -0.2) is 4.98 Å². The minimum Gasteiger partial charge on any atom is -0.390 e. The second-order valence-electron chi connectivity index (χ2n) is 4.52. The molecule has 15 heavy (non-hydrogen) atoms. The maximum Gasteiger partial charge on any atom is 0.0949 e. The van der Waals surface area contributed by atoms with Gasteiger partial charge in [0, 0.05) is 25.7 Å². The fraction of sp³-hybridized carbons (Fsp3) is 0.727. The molecule has 0 atom stereocenters. The van der Waals surface area contributed by atoms with Crippen molar-refractivity contribution in [3.05, 3.63) is 18.2 Å². The van der Waals surface area contributed by atoms with Crippen molar-refractivity contribution in [3.8, 4) is 0 Å². The molecule has 0 fully saturated rings. The number of hydrogen-bond acceptors (Lipinski definition) is 3. The van der Waals surface area contributed by atoms with Gasteiger partial charge in [-0.05, 0) is 27.3 Å². The third-order valence-electron chi connectivity index (χ3n) is 2.30. The molecule has 0 amide bonds. The first-order valence-electron chi connectivity index (χ1n) is 5.39. The molecule has 1 aromatic heterocycles. The first kappa shape index (κ1) is 12.2. The standard InChI is InChI=1S/C11H21N3O/c1-11(2,15)5-7-14-8-10(13-9-14)4-6-12-3/h8-9,12,15H,4-7H2,1-3H3. The molecule has 0 saturated heterocycles. The molecule has 1 aromatic rings. The molecule has 0 radical (unpaired) electrons. The van der Waals surface area contributed by atoms with Crippen LogP contribution in [0.3, 0.4) is 0 Å². The molecule has 4 heteroatoms. The predicted molar refractivity (Wildman–Crippen MR) is 60.8 cm³/mol. The van der Waals surface area contributed by atoms with Crippen molar-refractivity contribution in [2.75, 3.05) is 13.6 Å². The van der Waals surface area contributed by atoms with Crippen LogP contribution in [0.4, 0.5) is 0 Å². The lowest BCUT2D eigenvalue weighted by Crippen LogP contribution is -2.20. The smallest absolute Gasteiger partial charge is 0.0949 e. The molecule has 0 aromatic carbocycles. The van der Waals surface area contributed by atoms with E-state index >= 15 is 0 Å². The molecule has 0 spiro atoms. The van der Waals surface area contributed by atoms with Gasteiger partial charge < -0.3 is 15.0 Å². The molecule has 0 bridgehead atoms. The van der Waals surface area contributed by atoms with E-state index in [9.17, 15) is 5.11 Å². The Bertz CT molecular complexity index is 288. The highest BCUT2D eigenvalue weighted by Gasteiger charge is 2.11. The van der Waals surface area contributed by atoms with E-state index in [2.05, 4.69) is 10.3 Å². The summed E-state index contributed by atoms with van der Waals surface area (Å²) in [5.74, 6) is 0. The number of aromatic nitrogens is 2. The third kappa shape index (κ3) is 4.95. The second kappa shape index (κ2) is 5.28. The van der Waals surface area contributed by atoms with Gasteiger partial charge in [0.05, 0.1) is 17.6 Å². The van der Waals surface area contributed by atoms with Crippen molar-refractivity contribution in [3.63, 3.8) is 0 Å². The topological polar surface area (TPSA) is 50.1 Å². The minimum atomic E-state index is -0.602. The minimum absolute atomic E-state index is 0.602. The van der Waals surface area contributed by atoms with Crippen LogP contribution in [0.2, 0.25) is 0 Å². The van der Waals surface area contributed by atoms with E-state index in [1.54, 1.807) is 0 Å². The molecule has 1 heterocycles. The van der Waals surface area contributed by atoms with Crippen molar-refractivity contribution >= 4 is 0 Å². The number of hydrogen-bond donors (Lipinski definition) is 2. The van der Waals surface area contributed by atoms with Crippen LogP contribution in [0, 0.1) is 0 Å². The Morgan fingerprint density at radius 1 is 1.53 bits per heavy atom. The highest BCUT2D eigenvalue weighted by molar-refractivity contribution is 4.97. The van der Waals surface area contributed by atoms with Crippen LogP contribution >= 0.6 is 0 Å². The molecular weight excluding hydrogens is 190 g/mol. The van der Waals surface area contributed by atoms with Gasteiger partial charge >= 0.3 is 0 Å². The lowest BCUT2D eigenvalue weighted by atomic mass is 10.1. The Balaban J connectivity index is 2.39. The van der Waals surface area contributed by atoms with Crippen molar-refractivity contribution in [2.45, 2.75) is 38.8 Å². The van der Waals surface area contributed by atoms with E-state index in [1.165, 1.54) is 0 Å². The van der Waals surface area contributed by atoms with E-state index < -0.39 is 5.60 Å². The molecule has 0 aliphatic rings. The zero-order valence-corrected chi connectivity index (χ0v) is 9.82. The molecule has 0 aliphatic heterocycles. The summed E-state index contributed by atoms with van der Waals surface area (Å²) in [6.45, 7) is 5.41. The summed E-state index contributed by atoms with van der Waals surface area (Å²) in [5.41, 5.74) is 0.496. The lowest BCUT2D eigenvalue weighted by Gasteiger charge is -2.16. The zero-order valence-electron chi connectivity index (χ0n) is 9.82. The van der Waals surface area contributed by atoms with Crippen molar-refractivity contribution in [2.24, 2.45) is 0 Å². The average molecular weight is 211 g/mol. The molecule has 0 saturated carbocycles. The van der Waals surface area contributed by atoms with E-state index in [-0.39, 0.29) is 0 Å². The summed E-state index contributed by atoms with van der Waals surface area (Å²) in [6, 6.07) is 0. The number of likely N-dealkylation sites (N-methyl/N-ethyl adjacent to an activating group) is 1. The molecule has 2 N–H and O–H groups in total. The molecule has 0 unspecified atom stereocenters. The Labute approximate surface area is 91.3 Å². The highest BCUT2D eigenvalue weighted by atomic mass is 16.3. The van der Waals surface area contributed by atoms with Crippen molar-refractivity contribution in [1.82, 2.24) is 14.9 Å². The molecule has 4 nitrogen and oxygen atoms in total. The molecular formula is C11H21N3O. The van der Waals surface area contributed by atoms with Crippen LogP contribution in [-0.2, 0) is 13.0 Å². The first-order chi connectivity index (χ1) is 7.01. The van der Waals surface area contributed by atoms with Gasteiger partial charge in [0.15, 0.2) is 0 Å². The number of nitrogens with zero attached hydrogens (tertiary/aromatic N) is 2. The summed E-state index contributed by atoms with van der Waals surface area (Å²) < 4.78 is 2.03. The second-order valence-corrected chi connectivity index (χ2v) is 4.52. The van der Waals surface area contributed by atoms with Gasteiger partial charge in [0.2, 0.25) is 0 Å². The van der Waals surface area contributed by atoms with E-state index in [1.807, 2.05) is 38.0 Å². The largest absolute Gasteiger partial charge is 0.390 e. The maximum absolute atomic E-state index is 9.58. The average Bonchev–Trinajstić information content (AvgIpc) is 2.58. The number of imidazole rings is 1. The van der Waals surface area contributed by atoms with Crippen molar-refractivity contribution in [1.29, 1.82) is 0 Å². The van der Waals surface area contributed by atoms with Crippen LogP contribution in [0.25, 0.3) is 0 Å². The van der Waals surface area contributed by atoms with Gasteiger partial charge in [0.25, 0.3) is 0 Å². The number of aliphatic hydroxyl groups is 1. The monoisotopic (exact) mass is 211 g/mol. The van der Waals surface area contributed by atoms with Crippen molar-refractivity contribution < 1.29 is 5.11 Å². The predicted octanol–water partition coefficient (Wildman–Crippen LogP) is 0.806. The Morgan fingerprint density at radius 2 is 2.27 bits per heavy atom. The third-order valence-corrected chi connectivity index (χ3v) is 2.30. The maximum atomic E-state index is 9.58. The summed E-state index contributed by atoms with van der Waals surface area (Å²) in [6.07, 6.45) is 5.57. The number of nitrogens with one attached hydrogen (secondary N) is 1. The molecule has 86 valence electrons. The summed E-state index contributed by atoms with van der Waals surface area (Å²) in [5, 5.41) is 12.7. The Morgan fingerprint density at radius 3 is 2.87 bits per heavy atom. The highest BCUT2D eigenvalue weighted by Crippen LogP contribution is 2.09. The molecule has 1 rings (SSSR count). The van der Waals surface area contributed by atoms with Crippen LogP contribution in [-0.4, -0.2) is 33.9 Å². The van der Waals surface area contributed by atoms with Crippen LogP contribution in [0.5, 0.6) is 0 Å². The number of aryl methyl sites for hydroxylation is 1. The van der Waals surface area contributed by atoms with E-state index in [0.29, 0.717) is 0 Å². The van der Waals surface area contributed by atoms with Gasteiger partial charge in [0.1, 0.15) is 0 Å². The van der Waals surface area contributed by atoms with Gasteiger partial charge in [-0.3, -0.25) is 0 Å². The summed E-state index contributed by atoms with van der Waals surface area (Å²) in [7, 11) is 1.94. The first-order valence-corrected chi connectivity index (χ1v) is 5.39. The Kier molecular flexibility index (Phi) is 4.29.